The van der Waals surface area contributed by atoms with E-state index in [1.54, 1.807) is 32.6 Å². The fourth-order valence-corrected chi connectivity index (χ4v) is 6.85. The number of rotatable bonds is 4. The van der Waals surface area contributed by atoms with Crippen LogP contribution >= 0.6 is 0 Å². The minimum absolute atomic E-state index is 0.0800. The van der Waals surface area contributed by atoms with Gasteiger partial charge in [-0.2, -0.15) is 5.26 Å². The normalized spacial score (nSPS) is 18.7. The topological polar surface area (TPSA) is 143 Å². The van der Waals surface area contributed by atoms with Crippen molar-refractivity contribution in [3.63, 3.8) is 0 Å². The highest BCUT2D eigenvalue weighted by Crippen LogP contribution is 2.46. The first-order valence-corrected chi connectivity index (χ1v) is 13.6. The molecule has 0 amide bonds. The lowest BCUT2D eigenvalue weighted by Gasteiger charge is -2.26. The van der Waals surface area contributed by atoms with Gasteiger partial charge < -0.3 is 29.8 Å². The molecule has 5 aromatic rings. The Kier molecular flexibility index (Phi) is 5.71. The maximum atomic E-state index is 15.3. The Morgan fingerprint density at radius 3 is 2.74 bits per heavy atom. The van der Waals surface area contributed by atoms with E-state index in [0.717, 1.165) is 31.7 Å². The molecular formula is C30H27FN8O3. The highest BCUT2D eigenvalue weighted by molar-refractivity contribution is 6.19. The van der Waals surface area contributed by atoms with Crippen molar-refractivity contribution in [2.45, 2.75) is 12.5 Å². The number of likely N-dealkylation sites (N-methyl/N-ethyl adjacent to an activating group) is 1. The average molecular weight is 567 g/mol. The van der Waals surface area contributed by atoms with Crippen LogP contribution in [0.2, 0.25) is 0 Å². The number of likely N-dealkylation sites (tertiary alicyclic amines) is 1. The lowest BCUT2D eigenvalue weighted by Crippen LogP contribution is -2.32. The molecule has 1 aromatic carbocycles. The standard InChI is InChI=1S/C30H27FN8O3/c1-33-21-7-20(31)17(8-32)23-24-26(39-11-14-4-5-37(2)22(14)13-39)18(10-34-28(24)36-25(21)23)15-6-16-27(40)19(30(41)42)12-38(3)29(16)35-9-15/h6-7,9-10,12,14,22,33H,4-5,11,13H2,1-3H3,(H,34,36)(H,41,42)/t14-,22+/m0/s1. The Bertz CT molecular complexity index is 2080. The molecule has 212 valence electrons. The van der Waals surface area contributed by atoms with Gasteiger partial charge in [0, 0.05) is 74.4 Å². The Morgan fingerprint density at radius 1 is 1.21 bits per heavy atom. The number of aryl methyl sites for hydroxylation is 1. The summed E-state index contributed by atoms with van der Waals surface area (Å²) in [4.78, 5) is 42.2. The van der Waals surface area contributed by atoms with Gasteiger partial charge in [-0.1, -0.05) is 0 Å². The van der Waals surface area contributed by atoms with Gasteiger partial charge in [0.1, 0.15) is 28.7 Å². The van der Waals surface area contributed by atoms with E-state index < -0.39 is 17.2 Å². The molecule has 2 fully saturated rings. The first-order valence-electron chi connectivity index (χ1n) is 13.6. The molecule has 0 aliphatic carbocycles. The van der Waals surface area contributed by atoms with Crippen LogP contribution < -0.4 is 15.6 Å². The van der Waals surface area contributed by atoms with Crippen LogP contribution in [0.5, 0.6) is 0 Å². The number of fused-ring (bicyclic) bond motifs is 5. The molecule has 0 radical (unpaired) electrons. The van der Waals surface area contributed by atoms with E-state index in [1.807, 2.05) is 0 Å². The number of nitriles is 1. The quantitative estimate of drug-likeness (QED) is 0.298. The van der Waals surface area contributed by atoms with Gasteiger partial charge in [0.15, 0.2) is 0 Å². The van der Waals surface area contributed by atoms with Crippen LogP contribution in [-0.2, 0) is 7.05 Å². The van der Waals surface area contributed by atoms with Crippen molar-refractivity contribution in [3.05, 3.63) is 57.9 Å². The zero-order chi connectivity index (χ0) is 29.4. The molecule has 11 nitrogen and oxygen atoms in total. The maximum absolute atomic E-state index is 15.3. The van der Waals surface area contributed by atoms with Crippen LogP contribution in [0.25, 0.3) is 44.1 Å². The highest BCUT2D eigenvalue weighted by atomic mass is 19.1. The summed E-state index contributed by atoms with van der Waals surface area (Å²) in [6.45, 7) is 2.51. The van der Waals surface area contributed by atoms with Crippen molar-refractivity contribution < 1.29 is 14.3 Å². The summed E-state index contributed by atoms with van der Waals surface area (Å²) in [6, 6.07) is 5.34. The average Bonchev–Trinajstić information content (AvgIpc) is 3.68. The number of nitrogens with one attached hydrogen (secondary N) is 2. The number of carboxylic acid groups (broad SMARTS) is 1. The molecule has 2 aliphatic heterocycles. The molecule has 4 aromatic heterocycles. The molecule has 42 heavy (non-hydrogen) atoms. The van der Waals surface area contributed by atoms with E-state index in [0.29, 0.717) is 56.4 Å². The van der Waals surface area contributed by atoms with Gasteiger partial charge in [0.25, 0.3) is 0 Å². The van der Waals surface area contributed by atoms with Gasteiger partial charge in [-0.15, -0.1) is 0 Å². The van der Waals surface area contributed by atoms with Crippen LogP contribution in [0.4, 0.5) is 15.8 Å². The van der Waals surface area contributed by atoms with Gasteiger partial charge in [0.2, 0.25) is 5.43 Å². The van der Waals surface area contributed by atoms with Gasteiger partial charge in [-0.05, 0) is 32.0 Å². The molecule has 0 saturated carbocycles. The highest BCUT2D eigenvalue weighted by Gasteiger charge is 2.41. The number of halogens is 1. The number of benzene rings is 1. The third-order valence-electron chi connectivity index (χ3n) is 8.90. The number of hydrogen-bond donors (Lipinski definition) is 3. The lowest BCUT2D eigenvalue weighted by atomic mass is 9.99. The van der Waals surface area contributed by atoms with Crippen LogP contribution in [0.1, 0.15) is 22.3 Å². The summed E-state index contributed by atoms with van der Waals surface area (Å²) < 4.78 is 16.8. The molecule has 6 heterocycles. The number of aromatic amines is 1. The van der Waals surface area contributed by atoms with Crippen LogP contribution in [0, 0.1) is 23.1 Å². The molecular weight excluding hydrogens is 539 g/mol. The van der Waals surface area contributed by atoms with Gasteiger partial charge >= 0.3 is 5.97 Å². The number of H-pyrrole nitrogens is 1. The predicted molar refractivity (Wildman–Crippen MR) is 157 cm³/mol. The minimum atomic E-state index is -1.32. The van der Waals surface area contributed by atoms with Crippen molar-refractivity contribution >= 4 is 50.3 Å². The first-order chi connectivity index (χ1) is 20.2. The molecule has 0 bridgehead atoms. The van der Waals surface area contributed by atoms with Crippen LogP contribution in [0.15, 0.2) is 35.5 Å². The molecule has 2 saturated heterocycles. The molecule has 2 aliphatic rings. The fraction of sp³-hybridized carbons (Fsp3) is 0.300. The summed E-state index contributed by atoms with van der Waals surface area (Å²) in [6.07, 6.45) is 5.65. The summed E-state index contributed by atoms with van der Waals surface area (Å²) in [5.74, 6) is -1.51. The number of aromatic nitrogens is 4. The number of hydrogen-bond acceptors (Lipinski definition) is 8. The van der Waals surface area contributed by atoms with E-state index >= 15 is 4.39 Å². The third kappa shape index (κ3) is 3.60. The van der Waals surface area contributed by atoms with Crippen molar-refractivity contribution in [3.8, 4) is 17.2 Å². The second-order valence-electron chi connectivity index (χ2n) is 11.1. The molecule has 2 atom stereocenters. The van der Waals surface area contributed by atoms with E-state index in [9.17, 15) is 20.0 Å². The smallest absolute Gasteiger partial charge is 0.341 e. The van der Waals surface area contributed by atoms with Gasteiger partial charge in [-0.3, -0.25) is 4.79 Å². The zero-order valence-electron chi connectivity index (χ0n) is 23.2. The Labute approximate surface area is 238 Å². The third-order valence-corrected chi connectivity index (χ3v) is 8.90. The molecule has 0 spiro atoms. The molecule has 7 rings (SSSR count). The van der Waals surface area contributed by atoms with Crippen molar-refractivity contribution in [1.29, 1.82) is 5.26 Å². The van der Waals surface area contributed by atoms with Crippen molar-refractivity contribution in [1.82, 2.24) is 24.4 Å². The fourth-order valence-electron chi connectivity index (χ4n) is 6.85. The number of carbonyl (C=O) groups is 1. The summed E-state index contributed by atoms with van der Waals surface area (Å²) in [7, 11) is 5.45. The largest absolute Gasteiger partial charge is 0.477 e. The monoisotopic (exact) mass is 566 g/mol. The maximum Gasteiger partial charge on any atom is 0.341 e. The van der Waals surface area contributed by atoms with E-state index in [-0.39, 0.29) is 16.5 Å². The van der Waals surface area contributed by atoms with E-state index in [2.05, 4.69) is 38.2 Å². The number of aromatic carboxylic acids is 1. The Balaban J connectivity index is 1.57. The minimum Gasteiger partial charge on any atom is -0.477 e. The van der Waals surface area contributed by atoms with Crippen LogP contribution in [-0.4, -0.2) is 75.3 Å². The second-order valence-corrected chi connectivity index (χ2v) is 11.1. The number of nitrogens with zero attached hydrogens (tertiary/aromatic N) is 6. The van der Waals surface area contributed by atoms with Gasteiger partial charge in [-0.25, -0.2) is 19.2 Å². The summed E-state index contributed by atoms with van der Waals surface area (Å²) in [5.41, 5.74) is 2.86. The SMILES string of the molecule is CNc1cc(F)c(C#N)c2c1[nH]c1ncc(-c3cnc4c(c3)c(=O)c(C(=O)O)cn4C)c(N3C[C@@H]4CCN(C)[C@@H]4C3)c12. The zero-order valence-corrected chi connectivity index (χ0v) is 23.2. The predicted octanol–water partition coefficient (Wildman–Crippen LogP) is 3.52. The molecule has 12 heteroatoms. The van der Waals surface area contributed by atoms with E-state index in [1.165, 1.54) is 16.8 Å². The number of anilines is 2. The number of carboxylic acids is 1. The lowest BCUT2D eigenvalue weighted by molar-refractivity contribution is 0.0695. The second kappa shape index (κ2) is 9.25. The van der Waals surface area contributed by atoms with Crippen LogP contribution in [0.3, 0.4) is 0 Å². The van der Waals surface area contributed by atoms with Crippen molar-refractivity contribution in [2.75, 3.05) is 43.9 Å². The van der Waals surface area contributed by atoms with E-state index in [4.69, 9.17) is 4.98 Å². The first kappa shape index (κ1) is 25.9. The van der Waals surface area contributed by atoms with Crippen molar-refractivity contribution in [2.24, 2.45) is 13.0 Å². The number of pyridine rings is 3. The van der Waals surface area contributed by atoms with Gasteiger partial charge in [0.05, 0.1) is 33.2 Å². The Hall–Kier alpha value is -5.02. The summed E-state index contributed by atoms with van der Waals surface area (Å²) in [5, 5.41) is 23.9. The molecule has 3 N–H and O–H groups in total. The summed E-state index contributed by atoms with van der Waals surface area (Å²) >= 11 is 0. The molecule has 0 unspecified atom stereocenters. The Morgan fingerprint density at radius 2 is 2.02 bits per heavy atom.